The number of hydrogen-bond acceptors (Lipinski definition) is 2. The minimum Gasteiger partial charge on any atom is -0.330 e. The molecular formula is C29H40N2. The van der Waals surface area contributed by atoms with Gasteiger partial charge in [0.2, 0.25) is 0 Å². The zero-order valence-corrected chi connectivity index (χ0v) is 19.7. The summed E-state index contributed by atoms with van der Waals surface area (Å²) in [5.41, 5.74) is 9.84. The van der Waals surface area contributed by atoms with Gasteiger partial charge in [-0.15, -0.1) is 0 Å². The van der Waals surface area contributed by atoms with E-state index in [1.54, 1.807) is 0 Å². The quantitative estimate of drug-likeness (QED) is 0.412. The van der Waals surface area contributed by atoms with E-state index in [4.69, 9.17) is 5.73 Å². The van der Waals surface area contributed by atoms with Crippen LogP contribution in [0, 0.1) is 11.8 Å². The van der Waals surface area contributed by atoms with Gasteiger partial charge in [0.05, 0.1) is 0 Å². The molecule has 0 aliphatic heterocycles. The van der Waals surface area contributed by atoms with Gasteiger partial charge in [0, 0.05) is 13.1 Å². The molecule has 0 spiro atoms. The van der Waals surface area contributed by atoms with Crippen molar-refractivity contribution in [2.45, 2.75) is 46.1 Å². The Hall–Kier alpha value is -2.42. The molecule has 31 heavy (non-hydrogen) atoms. The average Bonchev–Trinajstić information content (AvgIpc) is 2.79. The number of nitrogens with two attached hydrogens (primary N) is 1. The Labute approximate surface area is 189 Å². The normalized spacial score (nSPS) is 12.9. The molecule has 0 heterocycles. The highest BCUT2D eigenvalue weighted by Crippen LogP contribution is 2.23. The van der Waals surface area contributed by atoms with Crippen LogP contribution in [0.4, 0.5) is 0 Å². The van der Waals surface area contributed by atoms with E-state index in [0.717, 1.165) is 19.6 Å². The second kappa shape index (κ2) is 13.8. The number of hydrogen-bond donors (Lipinski definition) is 2. The molecule has 0 bridgehead atoms. The van der Waals surface area contributed by atoms with E-state index >= 15 is 0 Å². The molecule has 0 aromatic heterocycles. The molecule has 3 aromatic carbocycles. The number of benzene rings is 3. The molecule has 3 N–H and O–H groups in total. The van der Waals surface area contributed by atoms with Gasteiger partial charge in [0.15, 0.2) is 0 Å². The lowest BCUT2D eigenvalue weighted by Gasteiger charge is -2.22. The van der Waals surface area contributed by atoms with Gasteiger partial charge in [-0.2, -0.15) is 0 Å². The first-order valence-electron chi connectivity index (χ1n) is 11.6. The van der Waals surface area contributed by atoms with Crippen molar-refractivity contribution in [1.82, 2.24) is 5.32 Å². The maximum Gasteiger partial charge on any atom is 0.0205 e. The Morgan fingerprint density at radius 3 is 1.45 bits per heavy atom. The fraction of sp³-hybridized carbons (Fsp3) is 0.379. The van der Waals surface area contributed by atoms with E-state index in [2.05, 4.69) is 118 Å². The standard InChI is InChI=1S/C18H23N.C11H17N/c1-15(2)18(17-11-7-4-8-12-17)14-19-13-16-9-5-3-6-10-16;1-9(2)11(8-12)10-6-4-3-5-7-10/h3-12,15,18-19H,13-14H2,1-2H3;3-7,9,11H,8,12H2,1-2H3. The maximum atomic E-state index is 5.71. The van der Waals surface area contributed by atoms with Gasteiger partial charge >= 0.3 is 0 Å². The van der Waals surface area contributed by atoms with Crippen molar-refractivity contribution in [3.8, 4) is 0 Å². The molecule has 2 nitrogen and oxygen atoms in total. The van der Waals surface area contributed by atoms with Crippen LogP contribution in [-0.2, 0) is 6.54 Å². The van der Waals surface area contributed by atoms with Gasteiger partial charge in [-0.25, -0.2) is 0 Å². The summed E-state index contributed by atoms with van der Waals surface area (Å²) in [5.74, 6) is 2.35. The van der Waals surface area contributed by atoms with E-state index in [-0.39, 0.29) is 0 Å². The molecule has 0 aliphatic rings. The van der Waals surface area contributed by atoms with Crippen molar-refractivity contribution in [2.24, 2.45) is 17.6 Å². The molecule has 2 unspecified atom stereocenters. The second-order valence-corrected chi connectivity index (χ2v) is 8.87. The highest BCUT2D eigenvalue weighted by molar-refractivity contribution is 5.21. The molecule has 3 rings (SSSR count). The van der Waals surface area contributed by atoms with Gasteiger partial charge < -0.3 is 11.1 Å². The fourth-order valence-corrected chi connectivity index (χ4v) is 3.90. The van der Waals surface area contributed by atoms with Gasteiger partial charge in [-0.05, 0) is 46.9 Å². The molecule has 3 aromatic rings. The van der Waals surface area contributed by atoms with Crippen molar-refractivity contribution in [3.63, 3.8) is 0 Å². The zero-order chi connectivity index (χ0) is 22.5. The van der Waals surface area contributed by atoms with Gasteiger partial charge in [0.1, 0.15) is 0 Å². The number of nitrogens with one attached hydrogen (secondary N) is 1. The van der Waals surface area contributed by atoms with Gasteiger partial charge in [-0.3, -0.25) is 0 Å². The van der Waals surface area contributed by atoms with Crippen LogP contribution in [0.1, 0.15) is 56.2 Å². The Bertz CT molecular complexity index is 813. The monoisotopic (exact) mass is 416 g/mol. The summed E-state index contributed by atoms with van der Waals surface area (Å²) < 4.78 is 0. The average molecular weight is 417 g/mol. The summed E-state index contributed by atoms with van der Waals surface area (Å²) in [5, 5.41) is 3.58. The first-order valence-corrected chi connectivity index (χ1v) is 11.6. The van der Waals surface area contributed by atoms with Gasteiger partial charge in [-0.1, -0.05) is 119 Å². The molecular weight excluding hydrogens is 376 g/mol. The van der Waals surface area contributed by atoms with Crippen LogP contribution >= 0.6 is 0 Å². The SMILES string of the molecule is CC(C)C(CN)c1ccccc1.CC(C)C(CNCc1ccccc1)c1ccccc1. The summed E-state index contributed by atoms with van der Waals surface area (Å²) in [6.07, 6.45) is 0. The summed E-state index contributed by atoms with van der Waals surface area (Å²) in [6, 6.07) is 31.9. The summed E-state index contributed by atoms with van der Waals surface area (Å²) in [7, 11) is 0. The first-order chi connectivity index (χ1) is 15.0. The molecule has 166 valence electrons. The fourth-order valence-electron chi connectivity index (χ4n) is 3.90. The van der Waals surface area contributed by atoms with E-state index in [9.17, 15) is 0 Å². The van der Waals surface area contributed by atoms with E-state index < -0.39 is 0 Å². The molecule has 0 saturated carbocycles. The van der Waals surface area contributed by atoms with E-state index in [1.165, 1.54) is 16.7 Å². The van der Waals surface area contributed by atoms with Crippen LogP contribution in [0.15, 0.2) is 91.0 Å². The molecule has 0 radical (unpaired) electrons. The second-order valence-electron chi connectivity index (χ2n) is 8.87. The minimum absolute atomic E-state index is 0.506. The highest BCUT2D eigenvalue weighted by atomic mass is 14.9. The van der Waals surface area contributed by atoms with Crippen LogP contribution in [0.5, 0.6) is 0 Å². The zero-order valence-electron chi connectivity index (χ0n) is 19.7. The predicted molar refractivity (Wildman–Crippen MR) is 135 cm³/mol. The maximum absolute atomic E-state index is 5.71. The van der Waals surface area contributed by atoms with Crippen LogP contribution in [-0.4, -0.2) is 13.1 Å². The highest BCUT2D eigenvalue weighted by Gasteiger charge is 2.15. The first kappa shape index (κ1) is 24.8. The topological polar surface area (TPSA) is 38.0 Å². The van der Waals surface area contributed by atoms with Crippen molar-refractivity contribution in [1.29, 1.82) is 0 Å². The largest absolute Gasteiger partial charge is 0.330 e. The molecule has 0 amide bonds. The Morgan fingerprint density at radius 1 is 0.613 bits per heavy atom. The minimum atomic E-state index is 0.506. The molecule has 2 heteroatoms. The van der Waals surface area contributed by atoms with Crippen molar-refractivity contribution < 1.29 is 0 Å². The van der Waals surface area contributed by atoms with Crippen LogP contribution in [0.3, 0.4) is 0 Å². The van der Waals surface area contributed by atoms with Crippen molar-refractivity contribution in [2.75, 3.05) is 13.1 Å². The summed E-state index contributed by atoms with van der Waals surface area (Å²) in [4.78, 5) is 0. The van der Waals surface area contributed by atoms with E-state index in [0.29, 0.717) is 23.7 Å². The molecule has 0 saturated heterocycles. The smallest absolute Gasteiger partial charge is 0.0205 e. The Kier molecular flexibility index (Phi) is 11.1. The van der Waals surface area contributed by atoms with Crippen molar-refractivity contribution >= 4 is 0 Å². The van der Waals surface area contributed by atoms with Crippen LogP contribution < -0.4 is 11.1 Å². The molecule has 0 aliphatic carbocycles. The lowest BCUT2D eigenvalue weighted by Crippen LogP contribution is -2.24. The Balaban J connectivity index is 0.000000245. The lowest BCUT2D eigenvalue weighted by atomic mass is 9.88. The molecule has 2 atom stereocenters. The predicted octanol–water partition coefficient (Wildman–Crippen LogP) is 6.60. The van der Waals surface area contributed by atoms with Crippen molar-refractivity contribution in [3.05, 3.63) is 108 Å². The Morgan fingerprint density at radius 2 is 1.03 bits per heavy atom. The molecule has 0 fully saturated rings. The summed E-state index contributed by atoms with van der Waals surface area (Å²) in [6.45, 7) is 11.7. The third-order valence-corrected chi connectivity index (χ3v) is 5.86. The third-order valence-electron chi connectivity index (χ3n) is 5.86. The number of rotatable bonds is 9. The summed E-state index contributed by atoms with van der Waals surface area (Å²) >= 11 is 0. The van der Waals surface area contributed by atoms with Crippen LogP contribution in [0.25, 0.3) is 0 Å². The van der Waals surface area contributed by atoms with Gasteiger partial charge in [0.25, 0.3) is 0 Å². The van der Waals surface area contributed by atoms with E-state index in [1.807, 2.05) is 6.07 Å². The van der Waals surface area contributed by atoms with Crippen LogP contribution in [0.2, 0.25) is 0 Å². The third kappa shape index (κ3) is 8.69. The lowest BCUT2D eigenvalue weighted by molar-refractivity contribution is 0.461.